The smallest absolute Gasteiger partial charge is 0.255 e. The summed E-state index contributed by atoms with van der Waals surface area (Å²) in [6, 6.07) is 4.63. The first-order chi connectivity index (χ1) is 9.70. The number of carbonyl (C=O) groups excluding carboxylic acids is 1. The van der Waals surface area contributed by atoms with Crippen molar-refractivity contribution in [3.8, 4) is 11.5 Å². The lowest BCUT2D eigenvalue weighted by molar-refractivity contribution is 0.0383. The standard InChI is InChI=1S/C14H20N2O4/c1-19-11-2-3-12(13(17)10-11)14(18)15-4-5-16-6-8-20-9-7-16/h2-3,10,17H,4-9H2,1H3,(H,15,18). The van der Waals surface area contributed by atoms with E-state index in [1.165, 1.54) is 13.2 Å². The van der Waals surface area contributed by atoms with Crippen molar-refractivity contribution in [1.82, 2.24) is 10.2 Å². The highest BCUT2D eigenvalue weighted by Crippen LogP contribution is 2.23. The number of nitrogens with one attached hydrogen (secondary N) is 1. The van der Waals surface area contributed by atoms with Crippen molar-refractivity contribution in [2.45, 2.75) is 0 Å². The largest absolute Gasteiger partial charge is 0.507 e. The van der Waals surface area contributed by atoms with Crippen LogP contribution >= 0.6 is 0 Å². The molecular weight excluding hydrogens is 260 g/mol. The van der Waals surface area contributed by atoms with Gasteiger partial charge >= 0.3 is 0 Å². The maximum atomic E-state index is 12.0. The molecule has 0 radical (unpaired) electrons. The van der Waals surface area contributed by atoms with Crippen molar-refractivity contribution in [1.29, 1.82) is 0 Å². The number of morpholine rings is 1. The predicted molar refractivity (Wildman–Crippen MR) is 74.3 cm³/mol. The summed E-state index contributed by atoms with van der Waals surface area (Å²) in [4.78, 5) is 14.2. The third-order valence-corrected chi connectivity index (χ3v) is 3.27. The second-order valence-corrected chi connectivity index (χ2v) is 4.59. The van der Waals surface area contributed by atoms with E-state index < -0.39 is 0 Å². The van der Waals surface area contributed by atoms with Gasteiger partial charge in [0.15, 0.2) is 0 Å². The quantitative estimate of drug-likeness (QED) is 0.820. The summed E-state index contributed by atoms with van der Waals surface area (Å²) in [6.45, 7) is 4.60. The number of carbonyl (C=O) groups is 1. The molecule has 20 heavy (non-hydrogen) atoms. The fraction of sp³-hybridized carbons (Fsp3) is 0.500. The number of hydrogen-bond acceptors (Lipinski definition) is 5. The normalized spacial score (nSPS) is 15.8. The van der Waals surface area contributed by atoms with Crippen LogP contribution in [0.2, 0.25) is 0 Å². The van der Waals surface area contributed by atoms with Gasteiger partial charge in [-0.15, -0.1) is 0 Å². The zero-order chi connectivity index (χ0) is 14.4. The Balaban J connectivity index is 1.82. The molecule has 2 N–H and O–H groups in total. The van der Waals surface area contributed by atoms with E-state index in [1.807, 2.05) is 0 Å². The maximum absolute atomic E-state index is 12.0. The van der Waals surface area contributed by atoms with Gasteiger partial charge < -0.3 is 19.9 Å². The highest BCUT2D eigenvalue weighted by atomic mass is 16.5. The molecule has 0 unspecified atom stereocenters. The fourth-order valence-electron chi connectivity index (χ4n) is 2.08. The van der Waals surface area contributed by atoms with Crippen LogP contribution in [0.4, 0.5) is 0 Å². The monoisotopic (exact) mass is 280 g/mol. The number of aromatic hydroxyl groups is 1. The number of phenolic OH excluding ortho intramolecular Hbond substituents is 1. The predicted octanol–water partition coefficient (Wildman–Crippen LogP) is 0.463. The molecule has 0 aromatic heterocycles. The van der Waals surface area contributed by atoms with E-state index in [0.29, 0.717) is 12.3 Å². The molecule has 2 rings (SSSR count). The van der Waals surface area contributed by atoms with Crippen molar-refractivity contribution < 1.29 is 19.4 Å². The van der Waals surface area contributed by atoms with Crippen LogP contribution < -0.4 is 10.1 Å². The van der Waals surface area contributed by atoms with Crippen molar-refractivity contribution in [3.05, 3.63) is 23.8 Å². The van der Waals surface area contributed by atoms with Crippen molar-refractivity contribution in [2.75, 3.05) is 46.5 Å². The van der Waals surface area contributed by atoms with Crippen LogP contribution in [0.1, 0.15) is 10.4 Å². The van der Waals surface area contributed by atoms with Crippen LogP contribution in [-0.4, -0.2) is 62.4 Å². The van der Waals surface area contributed by atoms with Crippen molar-refractivity contribution in [3.63, 3.8) is 0 Å². The summed E-state index contributed by atoms with van der Waals surface area (Å²) in [5, 5.41) is 12.6. The molecule has 1 saturated heterocycles. The zero-order valence-electron chi connectivity index (χ0n) is 11.6. The van der Waals surface area contributed by atoms with Gasteiger partial charge in [-0.3, -0.25) is 9.69 Å². The summed E-state index contributed by atoms with van der Waals surface area (Å²) in [5.41, 5.74) is 0.257. The van der Waals surface area contributed by atoms with Gasteiger partial charge in [-0.1, -0.05) is 0 Å². The molecule has 1 fully saturated rings. The van der Waals surface area contributed by atoms with Crippen molar-refractivity contribution in [2.24, 2.45) is 0 Å². The first-order valence-electron chi connectivity index (χ1n) is 6.66. The number of hydrogen-bond donors (Lipinski definition) is 2. The lowest BCUT2D eigenvalue weighted by Gasteiger charge is -2.26. The highest BCUT2D eigenvalue weighted by Gasteiger charge is 2.13. The molecule has 0 atom stereocenters. The van der Waals surface area contributed by atoms with Crippen LogP contribution in [0, 0.1) is 0 Å². The fourth-order valence-corrected chi connectivity index (χ4v) is 2.08. The van der Waals surface area contributed by atoms with Gasteiger partial charge in [-0.2, -0.15) is 0 Å². The highest BCUT2D eigenvalue weighted by molar-refractivity contribution is 5.96. The summed E-state index contributed by atoms with van der Waals surface area (Å²) >= 11 is 0. The minimum Gasteiger partial charge on any atom is -0.507 e. The Morgan fingerprint density at radius 1 is 1.45 bits per heavy atom. The minimum absolute atomic E-state index is 0.0757. The zero-order valence-corrected chi connectivity index (χ0v) is 11.6. The molecule has 0 saturated carbocycles. The third kappa shape index (κ3) is 3.85. The topological polar surface area (TPSA) is 71.0 Å². The number of phenols is 1. The summed E-state index contributed by atoms with van der Waals surface area (Å²) in [6.07, 6.45) is 0. The van der Waals surface area contributed by atoms with E-state index in [4.69, 9.17) is 9.47 Å². The van der Waals surface area contributed by atoms with Crippen LogP contribution in [0.25, 0.3) is 0 Å². The van der Waals surface area contributed by atoms with Gasteiger partial charge in [0.05, 0.1) is 25.9 Å². The van der Waals surface area contributed by atoms with Gasteiger partial charge in [0.2, 0.25) is 0 Å². The van der Waals surface area contributed by atoms with E-state index in [1.54, 1.807) is 12.1 Å². The van der Waals surface area contributed by atoms with E-state index in [2.05, 4.69) is 10.2 Å². The molecule has 6 heteroatoms. The molecule has 1 aliphatic rings. The molecule has 0 bridgehead atoms. The molecular formula is C14H20N2O4. The molecule has 1 aliphatic heterocycles. The lowest BCUT2D eigenvalue weighted by Crippen LogP contribution is -2.41. The van der Waals surface area contributed by atoms with Crippen LogP contribution in [0.3, 0.4) is 0 Å². The lowest BCUT2D eigenvalue weighted by atomic mass is 10.2. The Morgan fingerprint density at radius 2 is 2.20 bits per heavy atom. The van der Waals surface area contributed by atoms with Crippen molar-refractivity contribution >= 4 is 5.91 Å². The molecule has 1 aromatic rings. The molecule has 1 aromatic carbocycles. The Hall–Kier alpha value is -1.79. The molecule has 0 spiro atoms. The van der Waals surface area contributed by atoms with Gasteiger partial charge in [0, 0.05) is 32.2 Å². The molecule has 6 nitrogen and oxygen atoms in total. The Labute approximate surface area is 118 Å². The second-order valence-electron chi connectivity index (χ2n) is 4.59. The maximum Gasteiger partial charge on any atom is 0.255 e. The summed E-state index contributed by atoms with van der Waals surface area (Å²) in [5.74, 6) is 0.166. The second kappa shape index (κ2) is 7.12. The molecule has 0 aliphatic carbocycles. The van der Waals surface area contributed by atoms with E-state index in [0.717, 1.165) is 32.8 Å². The first kappa shape index (κ1) is 14.6. The molecule has 1 amide bonds. The average Bonchev–Trinajstić information content (AvgIpc) is 2.48. The number of benzene rings is 1. The van der Waals surface area contributed by atoms with Crippen LogP contribution in [0.15, 0.2) is 18.2 Å². The van der Waals surface area contributed by atoms with E-state index >= 15 is 0 Å². The number of amides is 1. The minimum atomic E-state index is -0.279. The van der Waals surface area contributed by atoms with E-state index in [9.17, 15) is 9.90 Å². The number of methoxy groups -OCH3 is 1. The first-order valence-corrected chi connectivity index (χ1v) is 6.66. The van der Waals surface area contributed by atoms with Gasteiger partial charge in [-0.05, 0) is 12.1 Å². The SMILES string of the molecule is COc1ccc(C(=O)NCCN2CCOCC2)c(O)c1. The molecule has 1 heterocycles. The van der Waals surface area contributed by atoms with Gasteiger partial charge in [0.25, 0.3) is 5.91 Å². The third-order valence-electron chi connectivity index (χ3n) is 3.27. The van der Waals surface area contributed by atoms with Crippen LogP contribution in [-0.2, 0) is 4.74 Å². The summed E-state index contributed by atoms with van der Waals surface area (Å²) in [7, 11) is 1.51. The van der Waals surface area contributed by atoms with Crippen LogP contribution in [0.5, 0.6) is 11.5 Å². The average molecular weight is 280 g/mol. The Morgan fingerprint density at radius 3 is 2.85 bits per heavy atom. The number of nitrogens with zero attached hydrogens (tertiary/aromatic N) is 1. The van der Waals surface area contributed by atoms with Gasteiger partial charge in [0.1, 0.15) is 11.5 Å². The number of ether oxygens (including phenoxy) is 2. The Bertz CT molecular complexity index is 458. The van der Waals surface area contributed by atoms with E-state index in [-0.39, 0.29) is 17.2 Å². The number of rotatable bonds is 5. The van der Waals surface area contributed by atoms with Gasteiger partial charge in [-0.25, -0.2) is 0 Å². The summed E-state index contributed by atoms with van der Waals surface area (Å²) < 4.78 is 10.2. The Kier molecular flexibility index (Phi) is 5.20. The molecule has 110 valence electrons.